The standard InChI is InChI=1S/C21H23NO4S/c1-2-22(11-5-3-4-8-20(23)24)16-10-9-15-13-17(19-7-6-12-27-19)21(25)26-18(15)14-16/h6-7,9-10,12-14H,2-5,8,11H2,1H3,(H,23,24). The number of benzene rings is 1. The minimum Gasteiger partial charge on any atom is -0.481 e. The van der Waals surface area contributed by atoms with Gasteiger partial charge in [0, 0.05) is 41.5 Å². The second kappa shape index (κ2) is 8.86. The predicted molar refractivity (Wildman–Crippen MR) is 110 cm³/mol. The maximum absolute atomic E-state index is 12.4. The van der Waals surface area contributed by atoms with Crippen molar-refractivity contribution in [2.45, 2.75) is 32.6 Å². The molecule has 0 saturated heterocycles. The summed E-state index contributed by atoms with van der Waals surface area (Å²) in [6.45, 7) is 3.76. The van der Waals surface area contributed by atoms with Gasteiger partial charge in [0.05, 0.1) is 5.56 Å². The molecule has 0 spiro atoms. The Hall–Kier alpha value is -2.60. The zero-order valence-electron chi connectivity index (χ0n) is 15.3. The molecule has 1 aromatic carbocycles. The molecule has 2 aromatic heterocycles. The summed E-state index contributed by atoms with van der Waals surface area (Å²) >= 11 is 1.52. The Morgan fingerprint density at radius 1 is 1.19 bits per heavy atom. The van der Waals surface area contributed by atoms with Crippen LogP contribution in [0.2, 0.25) is 0 Å². The van der Waals surface area contributed by atoms with Gasteiger partial charge >= 0.3 is 11.6 Å². The fourth-order valence-electron chi connectivity index (χ4n) is 3.13. The summed E-state index contributed by atoms with van der Waals surface area (Å²) in [5.74, 6) is -0.742. The number of thiophene rings is 1. The second-order valence-electron chi connectivity index (χ2n) is 6.43. The molecule has 142 valence electrons. The molecule has 0 amide bonds. The van der Waals surface area contributed by atoms with Gasteiger partial charge in [-0.15, -0.1) is 11.3 Å². The highest BCUT2D eigenvalue weighted by Gasteiger charge is 2.11. The lowest BCUT2D eigenvalue weighted by Crippen LogP contribution is -2.23. The van der Waals surface area contributed by atoms with E-state index in [1.54, 1.807) is 0 Å². The highest BCUT2D eigenvalue weighted by molar-refractivity contribution is 7.13. The summed E-state index contributed by atoms with van der Waals surface area (Å²) in [5.41, 5.74) is 1.87. The van der Waals surface area contributed by atoms with Crippen LogP contribution in [-0.2, 0) is 4.79 Å². The largest absolute Gasteiger partial charge is 0.481 e. The minimum absolute atomic E-state index is 0.222. The lowest BCUT2D eigenvalue weighted by atomic mass is 10.1. The molecule has 0 aliphatic heterocycles. The highest BCUT2D eigenvalue weighted by atomic mass is 32.1. The van der Waals surface area contributed by atoms with Gasteiger partial charge in [0.15, 0.2) is 0 Å². The minimum atomic E-state index is -0.742. The molecule has 0 saturated carbocycles. The topological polar surface area (TPSA) is 70.8 Å². The fourth-order valence-corrected chi connectivity index (χ4v) is 3.86. The number of carboxylic acid groups (broad SMARTS) is 1. The maximum atomic E-state index is 12.4. The Morgan fingerprint density at radius 3 is 2.74 bits per heavy atom. The van der Waals surface area contributed by atoms with Gasteiger partial charge in [-0.05, 0) is 49.4 Å². The van der Waals surface area contributed by atoms with Crippen LogP contribution in [0.5, 0.6) is 0 Å². The number of carboxylic acids is 1. The van der Waals surface area contributed by atoms with E-state index < -0.39 is 5.97 Å². The van der Waals surface area contributed by atoms with Crippen LogP contribution in [-0.4, -0.2) is 24.2 Å². The Kier molecular flexibility index (Phi) is 6.29. The first-order chi connectivity index (χ1) is 13.1. The van der Waals surface area contributed by atoms with Crippen LogP contribution in [0.1, 0.15) is 32.6 Å². The van der Waals surface area contributed by atoms with Crippen LogP contribution >= 0.6 is 11.3 Å². The average Bonchev–Trinajstić information content (AvgIpc) is 3.18. The molecule has 6 heteroatoms. The molecule has 0 fully saturated rings. The molecule has 2 heterocycles. The summed E-state index contributed by atoms with van der Waals surface area (Å²) < 4.78 is 5.58. The number of rotatable bonds is 9. The van der Waals surface area contributed by atoms with Crippen LogP contribution in [0.25, 0.3) is 21.4 Å². The van der Waals surface area contributed by atoms with Crippen LogP contribution in [0.4, 0.5) is 5.69 Å². The van der Waals surface area contributed by atoms with E-state index in [2.05, 4.69) is 11.8 Å². The molecule has 0 bridgehead atoms. The van der Waals surface area contributed by atoms with E-state index in [-0.39, 0.29) is 12.0 Å². The van der Waals surface area contributed by atoms with Gasteiger partial charge in [-0.2, -0.15) is 0 Å². The van der Waals surface area contributed by atoms with E-state index in [4.69, 9.17) is 9.52 Å². The third kappa shape index (κ3) is 4.77. The molecule has 3 aromatic rings. The van der Waals surface area contributed by atoms with Crippen LogP contribution < -0.4 is 10.5 Å². The molecule has 0 atom stereocenters. The van der Waals surface area contributed by atoms with E-state index in [0.29, 0.717) is 17.6 Å². The lowest BCUT2D eigenvalue weighted by Gasteiger charge is -2.23. The van der Waals surface area contributed by atoms with Crippen molar-refractivity contribution in [3.05, 3.63) is 52.2 Å². The fraction of sp³-hybridized carbons (Fsp3) is 0.333. The molecule has 0 aliphatic rings. The SMILES string of the molecule is CCN(CCCCCC(=O)O)c1ccc2cc(-c3cccs3)c(=O)oc2c1. The molecule has 0 unspecified atom stereocenters. The highest BCUT2D eigenvalue weighted by Crippen LogP contribution is 2.27. The summed E-state index contributed by atoms with van der Waals surface area (Å²) in [7, 11) is 0. The third-order valence-corrected chi connectivity index (χ3v) is 5.47. The predicted octanol–water partition coefficient (Wildman–Crippen LogP) is 4.99. The first-order valence-electron chi connectivity index (χ1n) is 9.17. The van der Waals surface area contributed by atoms with Gasteiger partial charge in [0.2, 0.25) is 0 Å². The number of carbonyl (C=O) groups is 1. The van der Waals surface area contributed by atoms with Crippen LogP contribution in [0, 0.1) is 0 Å². The van der Waals surface area contributed by atoms with E-state index in [0.717, 1.165) is 41.9 Å². The summed E-state index contributed by atoms with van der Waals surface area (Å²) in [6.07, 6.45) is 2.74. The van der Waals surface area contributed by atoms with Gasteiger partial charge in [-0.25, -0.2) is 4.79 Å². The number of unbranched alkanes of at least 4 members (excludes halogenated alkanes) is 2. The van der Waals surface area contributed by atoms with Crippen LogP contribution in [0.15, 0.2) is 51.0 Å². The second-order valence-corrected chi connectivity index (χ2v) is 7.38. The van der Waals surface area contributed by atoms with Crippen molar-refractivity contribution < 1.29 is 14.3 Å². The van der Waals surface area contributed by atoms with E-state index in [1.807, 2.05) is 41.8 Å². The number of hydrogen-bond donors (Lipinski definition) is 1. The molecule has 5 nitrogen and oxygen atoms in total. The van der Waals surface area contributed by atoms with Gasteiger partial charge in [-0.1, -0.05) is 12.5 Å². The van der Waals surface area contributed by atoms with E-state index in [9.17, 15) is 9.59 Å². The third-order valence-electron chi connectivity index (χ3n) is 4.57. The van der Waals surface area contributed by atoms with Crippen molar-refractivity contribution in [2.75, 3.05) is 18.0 Å². The number of fused-ring (bicyclic) bond motifs is 1. The average molecular weight is 385 g/mol. The summed E-state index contributed by atoms with van der Waals surface area (Å²) in [4.78, 5) is 26.1. The number of aliphatic carboxylic acids is 1. The monoisotopic (exact) mass is 385 g/mol. The quantitative estimate of drug-likeness (QED) is 0.415. The molecule has 3 rings (SSSR count). The van der Waals surface area contributed by atoms with Crippen molar-refractivity contribution >= 4 is 34.0 Å². The molecule has 0 aliphatic carbocycles. The Bertz CT molecular complexity index is 962. The number of anilines is 1. The van der Waals surface area contributed by atoms with Crippen molar-refractivity contribution in [1.29, 1.82) is 0 Å². The van der Waals surface area contributed by atoms with Crippen LogP contribution in [0.3, 0.4) is 0 Å². The maximum Gasteiger partial charge on any atom is 0.345 e. The molecular weight excluding hydrogens is 362 g/mol. The molecule has 0 radical (unpaired) electrons. The summed E-state index contributed by atoms with van der Waals surface area (Å²) in [5, 5.41) is 11.5. The van der Waals surface area contributed by atoms with Crippen molar-refractivity contribution in [3.8, 4) is 10.4 Å². The Labute approximate surface area is 161 Å². The Balaban J connectivity index is 1.75. The smallest absolute Gasteiger partial charge is 0.345 e. The first-order valence-corrected chi connectivity index (χ1v) is 10.0. The number of hydrogen-bond acceptors (Lipinski definition) is 5. The van der Waals surface area contributed by atoms with Crippen molar-refractivity contribution in [1.82, 2.24) is 0 Å². The van der Waals surface area contributed by atoms with E-state index in [1.165, 1.54) is 11.3 Å². The zero-order valence-corrected chi connectivity index (χ0v) is 16.1. The van der Waals surface area contributed by atoms with E-state index >= 15 is 0 Å². The molecule has 1 N–H and O–H groups in total. The van der Waals surface area contributed by atoms with Gasteiger partial charge < -0.3 is 14.4 Å². The van der Waals surface area contributed by atoms with Crippen molar-refractivity contribution in [3.63, 3.8) is 0 Å². The number of nitrogens with zero attached hydrogens (tertiary/aromatic N) is 1. The first kappa shape index (κ1) is 19.2. The van der Waals surface area contributed by atoms with Gasteiger partial charge in [0.1, 0.15) is 5.58 Å². The lowest BCUT2D eigenvalue weighted by molar-refractivity contribution is -0.137. The Morgan fingerprint density at radius 2 is 2.04 bits per heavy atom. The molecular formula is C21H23NO4S. The van der Waals surface area contributed by atoms with Gasteiger partial charge in [0.25, 0.3) is 0 Å². The van der Waals surface area contributed by atoms with Gasteiger partial charge in [-0.3, -0.25) is 4.79 Å². The summed E-state index contributed by atoms with van der Waals surface area (Å²) in [6, 6.07) is 11.7. The zero-order chi connectivity index (χ0) is 19.2. The molecule has 27 heavy (non-hydrogen) atoms. The normalized spacial score (nSPS) is 11.0. The van der Waals surface area contributed by atoms with Crippen molar-refractivity contribution in [2.24, 2.45) is 0 Å².